The van der Waals surface area contributed by atoms with Gasteiger partial charge in [-0.15, -0.1) is 0 Å². The average molecular weight is 304 g/mol. The molecular formula is C13H24N2O4S. The van der Waals surface area contributed by atoms with E-state index in [0.29, 0.717) is 26.1 Å². The molecule has 1 rings (SSSR count). The number of carboxylic acids is 1. The summed E-state index contributed by atoms with van der Waals surface area (Å²) in [5.74, 6) is -0.149. The first kappa shape index (κ1) is 17.1. The minimum atomic E-state index is -1.19. The number of aliphatic carboxylic acids is 1. The summed E-state index contributed by atoms with van der Waals surface area (Å²) in [6.07, 6.45) is 3.45. The lowest BCUT2D eigenvalue weighted by Gasteiger charge is -2.36. The molecule has 0 radical (unpaired) electrons. The van der Waals surface area contributed by atoms with Crippen molar-refractivity contribution in [3.8, 4) is 0 Å². The Morgan fingerprint density at radius 1 is 1.45 bits per heavy atom. The molecule has 1 aliphatic heterocycles. The van der Waals surface area contributed by atoms with Crippen LogP contribution in [-0.2, 0) is 9.53 Å². The van der Waals surface area contributed by atoms with E-state index in [1.807, 2.05) is 13.2 Å². The van der Waals surface area contributed by atoms with E-state index in [2.05, 4.69) is 5.32 Å². The summed E-state index contributed by atoms with van der Waals surface area (Å²) in [5, 5.41) is 12.1. The van der Waals surface area contributed by atoms with E-state index in [0.717, 1.165) is 12.2 Å². The van der Waals surface area contributed by atoms with Crippen molar-refractivity contribution < 1.29 is 19.4 Å². The molecule has 0 aromatic rings. The van der Waals surface area contributed by atoms with Gasteiger partial charge in [0.2, 0.25) is 0 Å². The summed E-state index contributed by atoms with van der Waals surface area (Å²) in [7, 11) is 1.72. The maximum Gasteiger partial charge on any atom is 0.329 e. The Hall–Kier alpha value is -0.950. The van der Waals surface area contributed by atoms with E-state index in [4.69, 9.17) is 4.74 Å². The lowest BCUT2D eigenvalue weighted by Crippen LogP contribution is -2.60. The van der Waals surface area contributed by atoms with Gasteiger partial charge < -0.3 is 20.1 Å². The number of hydrogen-bond acceptors (Lipinski definition) is 4. The molecule has 0 saturated carbocycles. The Balaban J connectivity index is 2.72. The number of urea groups is 1. The van der Waals surface area contributed by atoms with Crippen LogP contribution in [0, 0.1) is 0 Å². The maximum absolute atomic E-state index is 12.3. The third-order valence-electron chi connectivity index (χ3n) is 3.80. The summed E-state index contributed by atoms with van der Waals surface area (Å²) in [6, 6.07) is -0.217. The quantitative estimate of drug-likeness (QED) is 0.775. The molecule has 0 aromatic heterocycles. The fourth-order valence-corrected chi connectivity index (χ4v) is 3.11. The Kier molecular flexibility index (Phi) is 6.61. The maximum atomic E-state index is 12.3. The van der Waals surface area contributed by atoms with Crippen molar-refractivity contribution in [1.82, 2.24) is 10.2 Å². The Bertz CT molecular complexity index is 345. The monoisotopic (exact) mass is 304 g/mol. The van der Waals surface area contributed by atoms with Crippen molar-refractivity contribution in [1.29, 1.82) is 0 Å². The van der Waals surface area contributed by atoms with Crippen LogP contribution in [-0.4, -0.2) is 65.9 Å². The van der Waals surface area contributed by atoms with Crippen LogP contribution in [0.5, 0.6) is 0 Å². The van der Waals surface area contributed by atoms with Crippen LogP contribution >= 0.6 is 11.8 Å². The number of rotatable bonds is 6. The Morgan fingerprint density at radius 3 is 2.50 bits per heavy atom. The number of carbonyl (C=O) groups excluding carboxylic acids is 1. The van der Waals surface area contributed by atoms with Gasteiger partial charge in [0.25, 0.3) is 0 Å². The third-order valence-corrected chi connectivity index (χ3v) is 4.52. The van der Waals surface area contributed by atoms with Crippen LogP contribution in [0.15, 0.2) is 0 Å². The summed E-state index contributed by atoms with van der Waals surface area (Å²) in [6.45, 7) is 2.74. The van der Waals surface area contributed by atoms with Gasteiger partial charge in [-0.25, -0.2) is 9.59 Å². The van der Waals surface area contributed by atoms with E-state index >= 15 is 0 Å². The van der Waals surface area contributed by atoms with E-state index in [9.17, 15) is 14.7 Å². The van der Waals surface area contributed by atoms with Crippen LogP contribution in [0.4, 0.5) is 4.79 Å². The summed E-state index contributed by atoms with van der Waals surface area (Å²) in [5.41, 5.74) is -1.19. The van der Waals surface area contributed by atoms with Crippen LogP contribution in [0.1, 0.15) is 26.2 Å². The zero-order valence-corrected chi connectivity index (χ0v) is 13.2. The van der Waals surface area contributed by atoms with Gasteiger partial charge in [0.15, 0.2) is 0 Å². The molecule has 7 heteroatoms. The topological polar surface area (TPSA) is 78.9 Å². The Morgan fingerprint density at radius 2 is 2.05 bits per heavy atom. The van der Waals surface area contributed by atoms with Crippen LogP contribution in [0.2, 0.25) is 0 Å². The lowest BCUT2D eigenvalue weighted by atomic mass is 9.90. The largest absolute Gasteiger partial charge is 0.480 e. The highest BCUT2D eigenvalue weighted by Gasteiger charge is 2.42. The molecule has 116 valence electrons. The number of nitrogens with zero attached hydrogens (tertiary/aromatic N) is 1. The number of hydrogen-bond donors (Lipinski definition) is 2. The summed E-state index contributed by atoms with van der Waals surface area (Å²) >= 11 is 1.67. The predicted molar refractivity (Wildman–Crippen MR) is 79.2 cm³/mol. The van der Waals surface area contributed by atoms with Crippen molar-refractivity contribution >= 4 is 23.8 Å². The second-order valence-electron chi connectivity index (χ2n) is 5.06. The van der Waals surface area contributed by atoms with Crippen molar-refractivity contribution in [3.05, 3.63) is 0 Å². The number of carboxylic acid groups (broad SMARTS) is 1. The highest BCUT2D eigenvalue weighted by atomic mass is 32.2. The molecule has 2 N–H and O–H groups in total. The first-order valence-electron chi connectivity index (χ1n) is 6.82. The molecule has 6 nitrogen and oxygen atoms in total. The molecule has 0 aliphatic carbocycles. The molecule has 1 saturated heterocycles. The normalized spacial score (nSPS) is 19.1. The Labute approximate surface area is 124 Å². The van der Waals surface area contributed by atoms with Crippen molar-refractivity contribution in [2.24, 2.45) is 0 Å². The fourth-order valence-electron chi connectivity index (χ4n) is 2.27. The standard InChI is InChI=1S/C13H24N2O4S/c1-4-10(9-20-3)15(2)12(18)14-13(11(16)17)5-7-19-8-6-13/h10H,4-9H2,1-3H3,(H,14,18)(H,16,17). The minimum absolute atomic E-state index is 0.107. The number of thioether (sulfide) groups is 1. The van der Waals surface area contributed by atoms with E-state index in [1.165, 1.54) is 0 Å². The van der Waals surface area contributed by atoms with Gasteiger partial charge in [-0.3, -0.25) is 0 Å². The van der Waals surface area contributed by atoms with Crippen molar-refractivity contribution in [2.45, 2.75) is 37.8 Å². The fraction of sp³-hybridized carbons (Fsp3) is 0.846. The molecule has 0 spiro atoms. The number of ether oxygens (including phenoxy) is 1. The van der Waals surface area contributed by atoms with Crippen molar-refractivity contribution in [2.75, 3.05) is 32.3 Å². The molecular weight excluding hydrogens is 280 g/mol. The predicted octanol–water partition coefficient (Wildman–Crippen LogP) is 1.40. The van der Waals surface area contributed by atoms with Gasteiger partial charge in [0.1, 0.15) is 5.54 Å². The van der Waals surface area contributed by atoms with Crippen LogP contribution in [0.3, 0.4) is 0 Å². The molecule has 1 unspecified atom stereocenters. The van der Waals surface area contributed by atoms with Gasteiger partial charge in [-0.2, -0.15) is 11.8 Å². The van der Waals surface area contributed by atoms with Gasteiger partial charge in [-0.1, -0.05) is 6.92 Å². The highest BCUT2D eigenvalue weighted by molar-refractivity contribution is 7.98. The molecule has 1 fully saturated rings. The van der Waals surface area contributed by atoms with Crippen LogP contribution < -0.4 is 5.32 Å². The smallest absolute Gasteiger partial charge is 0.329 e. The number of nitrogens with one attached hydrogen (secondary N) is 1. The molecule has 1 atom stereocenters. The molecule has 20 heavy (non-hydrogen) atoms. The number of amides is 2. The minimum Gasteiger partial charge on any atom is -0.480 e. The zero-order valence-electron chi connectivity index (χ0n) is 12.3. The van der Waals surface area contributed by atoms with Gasteiger partial charge in [-0.05, 0) is 12.7 Å². The molecule has 0 bridgehead atoms. The first-order valence-corrected chi connectivity index (χ1v) is 8.21. The zero-order chi connectivity index (χ0) is 15.2. The first-order chi connectivity index (χ1) is 9.46. The number of carbonyl (C=O) groups is 2. The second kappa shape index (κ2) is 7.73. The van der Waals surface area contributed by atoms with Gasteiger partial charge in [0.05, 0.1) is 0 Å². The molecule has 2 amide bonds. The summed E-state index contributed by atoms with van der Waals surface area (Å²) < 4.78 is 5.19. The van der Waals surface area contributed by atoms with E-state index < -0.39 is 11.5 Å². The SMILES string of the molecule is CCC(CSC)N(C)C(=O)NC1(C(=O)O)CCOCC1. The van der Waals surface area contributed by atoms with Gasteiger partial charge in [0, 0.05) is 44.9 Å². The third kappa shape index (κ3) is 4.02. The summed E-state index contributed by atoms with van der Waals surface area (Å²) in [4.78, 5) is 25.4. The highest BCUT2D eigenvalue weighted by Crippen LogP contribution is 2.22. The van der Waals surface area contributed by atoms with E-state index in [-0.39, 0.29) is 12.1 Å². The van der Waals surface area contributed by atoms with E-state index in [1.54, 1.807) is 23.7 Å². The average Bonchev–Trinajstić information content (AvgIpc) is 2.44. The van der Waals surface area contributed by atoms with Crippen molar-refractivity contribution in [3.63, 3.8) is 0 Å². The molecule has 0 aromatic carbocycles. The molecule has 1 heterocycles. The second-order valence-corrected chi connectivity index (χ2v) is 5.97. The molecule has 1 aliphatic rings. The van der Waals surface area contributed by atoms with Crippen LogP contribution in [0.25, 0.3) is 0 Å². The van der Waals surface area contributed by atoms with Gasteiger partial charge >= 0.3 is 12.0 Å². The lowest BCUT2D eigenvalue weighted by molar-refractivity contribution is -0.148.